The van der Waals surface area contributed by atoms with Crippen molar-refractivity contribution in [2.75, 3.05) is 0 Å². The van der Waals surface area contributed by atoms with Crippen LogP contribution in [0.2, 0.25) is 0 Å². The smallest absolute Gasteiger partial charge is 0.256 e. The molecule has 0 spiro atoms. The first-order valence-corrected chi connectivity index (χ1v) is 4.64. The zero-order valence-electron chi connectivity index (χ0n) is 8.27. The average molecular weight is 220 g/mol. The summed E-state index contributed by atoms with van der Waals surface area (Å²) in [6.07, 6.45) is 4.53. The summed E-state index contributed by atoms with van der Waals surface area (Å²) in [5.41, 5.74) is 0.753. The van der Waals surface area contributed by atoms with Gasteiger partial charge < -0.3 is 5.32 Å². The summed E-state index contributed by atoms with van der Waals surface area (Å²) >= 11 is 0. The van der Waals surface area contributed by atoms with Gasteiger partial charge in [-0.3, -0.25) is 9.89 Å². The molecule has 0 unspecified atom stereocenters. The molecule has 0 atom stereocenters. The third-order valence-corrected chi connectivity index (χ3v) is 2.01. The van der Waals surface area contributed by atoms with Crippen molar-refractivity contribution in [3.63, 3.8) is 0 Å². The van der Waals surface area contributed by atoms with Crippen molar-refractivity contribution in [2.24, 2.45) is 0 Å². The molecule has 2 N–H and O–H groups in total. The van der Waals surface area contributed by atoms with E-state index in [1.54, 1.807) is 12.4 Å². The normalized spacial score (nSPS) is 10.1. The van der Waals surface area contributed by atoms with Gasteiger partial charge in [-0.05, 0) is 12.1 Å². The zero-order chi connectivity index (χ0) is 11.4. The number of aromatic amines is 1. The Bertz CT molecular complexity index is 483. The Morgan fingerprint density at radius 1 is 1.56 bits per heavy atom. The topological polar surface area (TPSA) is 70.7 Å². The summed E-state index contributed by atoms with van der Waals surface area (Å²) in [6.45, 7) is 0.295. The van der Waals surface area contributed by atoms with E-state index in [-0.39, 0.29) is 5.56 Å². The second kappa shape index (κ2) is 4.52. The van der Waals surface area contributed by atoms with Gasteiger partial charge in [0.2, 0.25) is 5.95 Å². The van der Waals surface area contributed by atoms with E-state index in [9.17, 15) is 9.18 Å². The zero-order valence-corrected chi connectivity index (χ0v) is 8.27. The fourth-order valence-corrected chi connectivity index (χ4v) is 1.21. The molecule has 0 aliphatic heterocycles. The number of H-pyrrole nitrogens is 1. The molecule has 0 aliphatic rings. The van der Waals surface area contributed by atoms with Crippen LogP contribution in [0, 0.1) is 5.95 Å². The molecule has 1 amide bonds. The molecule has 0 fully saturated rings. The summed E-state index contributed by atoms with van der Waals surface area (Å²) in [5.74, 6) is -1.26. The van der Waals surface area contributed by atoms with E-state index in [4.69, 9.17) is 0 Å². The first-order valence-electron chi connectivity index (χ1n) is 4.64. The van der Waals surface area contributed by atoms with Crippen LogP contribution >= 0.6 is 0 Å². The van der Waals surface area contributed by atoms with Gasteiger partial charge in [-0.1, -0.05) is 0 Å². The van der Waals surface area contributed by atoms with Crippen LogP contribution < -0.4 is 5.32 Å². The minimum Gasteiger partial charge on any atom is -0.348 e. The number of hydrogen-bond acceptors (Lipinski definition) is 3. The number of aromatic nitrogens is 3. The fraction of sp³-hybridized carbons (Fsp3) is 0.100. The molecule has 2 aromatic heterocycles. The molecule has 82 valence electrons. The van der Waals surface area contributed by atoms with Crippen LogP contribution in [-0.4, -0.2) is 21.1 Å². The van der Waals surface area contributed by atoms with Crippen LogP contribution in [-0.2, 0) is 6.54 Å². The van der Waals surface area contributed by atoms with Crippen molar-refractivity contribution in [3.05, 3.63) is 47.8 Å². The van der Waals surface area contributed by atoms with Crippen molar-refractivity contribution in [3.8, 4) is 0 Å². The second-order valence-corrected chi connectivity index (χ2v) is 3.13. The van der Waals surface area contributed by atoms with Crippen LogP contribution in [0.4, 0.5) is 4.39 Å². The van der Waals surface area contributed by atoms with E-state index in [0.717, 1.165) is 5.56 Å². The summed E-state index contributed by atoms with van der Waals surface area (Å²) in [4.78, 5) is 14.9. The maximum atomic E-state index is 13.1. The van der Waals surface area contributed by atoms with Gasteiger partial charge >= 0.3 is 0 Å². The SMILES string of the molecule is O=C(NCc1cn[nH]c1)c1cccnc1F. The monoisotopic (exact) mass is 220 g/mol. The number of carbonyl (C=O) groups is 1. The highest BCUT2D eigenvalue weighted by Crippen LogP contribution is 2.03. The van der Waals surface area contributed by atoms with E-state index in [1.165, 1.54) is 18.3 Å². The van der Waals surface area contributed by atoms with Crippen molar-refractivity contribution in [1.82, 2.24) is 20.5 Å². The average Bonchev–Trinajstić information content (AvgIpc) is 2.79. The Labute approximate surface area is 90.7 Å². The van der Waals surface area contributed by atoms with E-state index in [2.05, 4.69) is 20.5 Å². The van der Waals surface area contributed by atoms with Crippen LogP contribution in [0.1, 0.15) is 15.9 Å². The van der Waals surface area contributed by atoms with Gasteiger partial charge in [0.25, 0.3) is 5.91 Å². The molecule has 6 heteroatoms. The number of hydrogen-bond donors (Lipinski definition) is 2. The van der Waals surface area contributed by atoms with Crippen molar-refractivity contribution >= 4 is 5.91 Å². The van der Waals surface area contributed by atoms with Crippen molar-refractivity contribution < 1.29 is 9.18 Å². The molecule has 2 rings (SSSR count). The van der Waals surface area contributed by atoms with E-state index >= 15 is 0 Å². The third kappa shape index (κ3) is 2.22. The molecule has 0 bridgehead atoms. The lowest BCUT2D eigenvalue weighted by Crippen LogP contribution is -2.23. The number of halogens is 1. The minimum atomic E-state index is -0.771. The number of nitrogens with zero attached hydrogens (tertiary/aromatic N) is 2. The highest BCUT2D eigenvalue weighted by Gasteiger charge is 2.11. The molecule has 0 aliphatic carbocycles. The summed E-state index contributed by atoms with van der Waals surface area (Å²) < 4.78 is 13.1. The number of rotatable bonds is 3. The summed E-state index contributed by atoms with van der Waals surface area (Å²) in [7, 11) is 0. The second-order valence-electron chi connectivity index (χ2n) is 3.13. The highest BCUT2D eigenvalue weighted by molar-refractivity contribution is 5.94. The third-order valence-electron chi connectivity index (χ3n) is 2.01. The molecule has 5 nitrogen and oxygen atoms in total. The van der Waals surface area contributed by atoms with Crippen LogP contribution in [0.3, 0.4) is 0 Å². The predicted octanol–water partition coefficient (Wildman–Crippen LogP) is 0.874. The molecule has 0 saturated carbocycles. The molecule has 0 radical (unpaired) electrons. The van der Waals surface area contributed by atoms with Crippen LogP contribution in [0.5, 0.6) is 0 Å². The first kappa shape index (κ1) is 10.3. The molecule has 0 saturated heterocycles. The first-order chi connectivity index (χ1) is 7.77. The maximum absolute atomic E-state index is 13.1. The summed E-state index contributed by atoms with van der Waals surface area (Å²) in [5, 5.41) is 8.91. The largest absolute Gasteiger partial charge is 0.348 e. The lowest BCUT2D eigenvalue weighted by atomic mass is 10.2. The van der Waals surface area contributed by atoms with Gasteiger partial charge in [0.1, 0.15) is 0 Å². The fourth-order valence-electron chi connectivity index (χ4n) is 1.21. The van der Waals surface area contributed by atoms with Gasteiger partial charge in [0.15, 0.2) is 0 Å². The molecule has 2 heterocycles. The molecule has 0 aromatic carbocycles. The van der Waals surface area contributed by atoms with Gasteiger partial charge in [0.05, 0.1) is 11.8 Å². The standard InChI is InChI=1S/C10H9FN4O/c11-9-8(2-1-3-12-9)10(16)13-4-7-5-14-15-6-7/h1-3,5-6H,4H2,(H,13,16)(H,14,15). The van der Waals surface area contributed by atoms with E-state index in [0.29, 0.717) is 6.54 Å². The summed E-state index contributed by atoms with van der Waals surface area (Å²) in [6, 6.07) is 2.89. The Balaban J connectivity index is 2.01. The quantitative estimate of drug-likeness (QED) is 0.754. The molecular formula is C10H9FN4O. The highest BCUT2D eigenvalue weighted by atomic mass is 19.1. The number of nitrogens with one attached hydrogen (secondary N) is 2. The van der Waals surface area contributed by atoms with E-state index < -0.39 is 11.9 Å². The minimum absolute atomic E-state index is 0.0639. The van der Waals surface area contributed by atoms with Gasteiger partial charge in [-0.15, -0.1) is 0 Å². The van der Waals surface area contributed by atoms with E-state index in [1.807, 2.05) is 0 Å². The number of carbonyl (C=O) groups excluding carboxylic acids is 1. The van der Waals surface area contributed by atoms with Crippen molar-refractivity contribution in [1.29, 1.82) is 0 Å². The molecule has 2 aromatic rings. The van der Waals surface area contributed by atoms with Gasteiger partial charge in [-0.2, -0.15) is 9.49 Å². The Morgan fingerprint density at radius 2 is 2.44 bits per heavy atom. The number of amides is 1. The van der Waals surface area contributed by atoms with Crippen LogP contribution in [0.15, 0.2) is 30.7 Å². The maximum Gasteiger partial charge on any atom is 0.256 e. The Morgan fingerprint density at radius 3 is 3.12 bits per heavy atom. The number of pyridine rings is 1. The predicted molar refractivity (Wildman–Crippen MR) is 54.0 cm³/mol. The Hall–Kier alpha value is -2.24. The Kier molecular flexibility index (Phi) is 2.90. The lowest BCUT2D eigenvalue weighted by molar-refractivity contribution is 0.0946. The van der Waals surface area contributed by atoms with Crippen LogP contribution in [0.25, 0.3) is 0 Å². The van der Waals surface area contributed by atoms with Crippen molar-refractivity contribution in [2.45, 2.75) is 6.54 Å². The molecule has 16 heavy (non-hydrogen) atoms. The van der Waals surface area contributed by atoms with Gasteiger partial charge in [-0.25, -0.2) is 4.98 Å². The van der Waals surface area contributed by atoms with Gasteiger partial charge in [0, 0.05) is 24.5 Å². The molecular weight excluding hydrogens is 211 g/mol. The lowest BCUT2D eigenvalue weighted by Gasteiger charge is -2.03.